The van der Waals surface area contributed by atoms with Crippen LogP contribution in [0.4, 0.5) is 0 Å². The predicted molar refractivity (Wildman–Crippen MR) is 79.5 cm³/mol. The number of hydrogen-bond acceptors (Lipinski definition) is 1. The third kappa shape index (κ3) is 8.65. The summed E-state index contributed by atoms with van der Waals surface area (Å²) in [7, 11) is 0. The molecule has 1 atom stereocenters. The van der Waals surface area contributed by atoms with Gasteiger partial charge in [-0.2, -0.15) is 0 Å². The molecule has 0 saturated heterocycles. The summed E-state index contributed by atoms with van der Waals surface area (Å²) in [6.45, 7) is 15.2. The van der Waals surface area contributed by atoms with Gasteiger partial charge in [-0.1, -0.05) is 46.5 Å². The molecule has 0 fully saturated rings. The molecule has 104 valence electrons. The van der Waals surface area contributed by atoms with Crippen LogP contribution in [-0.4, -0.2) is 23.5 Å². The van der Waals surface area contributed by atoms with E-state index in [1.807, 2.05) is 0 Å². The van der Waals surface area contributed by atoms with Crippen LogP contribution in [-0.2, 0) is 0 Å². The zero-order valence-corrected chi connectivity index (χ0v) is 13.1. The van der Waals surface area contributed by atoms with Crippen LogP contribution < -0.4 is 0 Å². The highest BCUT2D eigenvalue weighted by Gasteiger charge is 2.14. The van der Waals surface area contributed by atoms with Gasteiger partial charge in [0.25, 0.3) is 0 Å². The van der Waals surface area contributed by atoms with E-state index in [-0.39, 0.29) is 0 Å². The molecule has 0 aromatic carbocycles. The summed E-state index contributed by atoms with van der Waals surface area (Å²) in [6.07, 6.45) is 8.30. The number of hydrogen-bond donors (Lipinski definition) is 0. The van der Waals surface area contributed by atoms with Crippen LogP contribution >= 0.6 is 0 Å². The SMILES string of the molecule is CCC(C)N(CCCCCCC(C)C)C(C)C. The Bertz CT molecular complexity index is 163. The van der Waals surface area contributed by atoms with Gasteiger partial charge in [0.1, 0.15) is 0 Å². The van der Waals surface area contributed by atoms with Crippen molar-refractivity contribution in [1.29, 1.82) is 0 Å². The van der Waals surface area contributed by atoms with Crippen molar-refractivity contribution in [2.75, 3.05) is 6.54 Å². The Hall–Kier alpha value is -0.0400. The maximum atomic E-state index is 2.66. The standard InChI is InChI=1S/C16H35N/c1-7-16(6)17(15(4)5)13-11-9-8-10-12-14(2)3/h14-16H,7-13H2,1-6H3. The van der Waals surface area contributed by atoms with E-state index >= 15 is 0 Å². The highest BCUT2D eigenvalue weighted by Crippen LogP contribution is 2.13. The Morgan fingerprint density at radius 1 is 0.824 bits per heavy atom. The van der Waals surface area contributed by atoms with Gasteiger partial charge in [-0.15, -0.1) is 0 Å². The average Bonchev–Trinajstić information content (AvgIpc) is 2.26. The molecule has 0 saturated carbocycles. The normalized spacial score (nSPS) is 13.9. The van der Waals surface area contributed by atoms with Crippen LogP contribution in [0, 0.1) is 5.92 Å². The molecule has 0 aliphatic rings. The van der Waals surface area contributed by atoms with Gasteiger partial charge in [-0.3, -0.25) is 4.90 Å². The smallest absolute Gasteiger partial charge is 0.00670 e. The molecule has 17 heavy (non-hydrogen) atoms. The number of nitrogens with zero attached hydrogens (tertiary/aromatic N) is 1. The molecule has 0 aliphatic carbocycles. The lowest BCUT2D eigenvalue weighted by Gasteiger charge is -2.32. The van der Waals surface area contributed by atoms with E-state index in [9.17, 15) is 0 Å². The quantitative estimate of drug-likeness (QED) is 0.481. The number of unbranched alkanes of at least 4 members (excludes halogenated alkanes) is 3. The highest BCUT2D eigenvalue weighted by atomic mass is 15.2. The molecular formula is C16H35N. The summed E-state index contributed by atoms with van der Waals surface area (Å²) >= 11 is 0. The van der Waals surface area contributed by atoms with Crippen molar-refractivity contribution >= 4 is 0 Å². The zero-order valence-electron chi connectivity index (χ0n) is 13.1. The molecule has 0 N–H and O–H groups in total. The predicted octanol–water partition coefficient (Wildman–Crippen LogP) is 5.10. The first-order valence-electron chi connectivity index (χ1n) is 7.74. The first-order chi connectivity index (χ1) is 7.99. The van der Waals surface area contributed by atoms with Crippen molar-refractivity contribution in [3.63, 3.8) is 0 Å². The zero-order chi connectivity index (χ0) is 13.3. The van der Waals surface area contributed by atoms with E-state index < -0.39 is 0 Å². The second-order valence-electron chi connectivity index (χ2n) is 6.19. The summed E-state index contributed by atoms with van der Waals surface area (Å²) in [5.41, 5.74) is 0. The Morgan fingerprint density at radius 3 is 1.88 bits per heavy atom. The largest absolute Gasteiger partial charge is 0.298 e. The van der Waals surface area contributed by atoms with Gasteiger partial charge in [0.2, 0.25) is 0 Å². The molecule has 0 radical (unpaired) electrons. The molecule has 1 nitrogen and oxygen atoms in total. The van der Waals surface area contributed by atoms with Gasteiger partial charge >= 0.3 is 0 Å². The average molecular weight is 241 g/mol. The summed E-state index contributed by atoms with van der Waals surface area (Å²) in [6, 6.07) is 1.44. The first kappa shape index (κ1) is 17.0. The van der Waals surface area contributed by atoms with Gasteiger partial charge in [-0.05, 0) is 46.1 Å². The summed E-state index contributed by atoms with van der Waals surface area (Å²) in [4.78, 5) is 2.66. The highest BCUT2D eigenvalue weighted by molar-refractivity contribution is 4.69. The molecular weight excluding hydrogens is 206 g/mol. The van der Waals surface area contributed by atoms with Gasteiger partial charge < -0.3 is 0 Å². The fraction of sp³-hybridized carbons (Fsp3) is 1.00. The Labute approximate surface area is 110 Å². The van der Waals surface area contributed by atoms with Crippen LogP contribution in [0.1, 0.15) is 80.1 Å². The maximum Gasteiger partial charge on any atom is 0.00670 e. The minimum atomic E-state index is 0.695. The van der Waals surface area contributed by atoms with Crippen LogP contribution in [0.2, 0.25) is 0 Å². The van der Waals surface area contributed by atoms with Crippen LogP contribution in [0.25, 0.3) is 0 Å². The molecule has 0 aromatic heterocycles. The Morgan fingerprint density at radius 2 is 1.41 bits per heavy atom. The monoisotopic (exact) mass is 241 g/mol. The molecule has 0 rings (SSSR count). The van der Waals surface area contributed by atoms with E-state index in [0.717, 1.165) is 12.0 Å². The van der Waals surface area contributed by atoms with Crippen LogP contribution in [0.15, 0.2) is 0 Å². The first-order valence-corrected chi connectivity index (χ1v) is 7.74. The van der Waals surface area contributed by atoms with Gasteiger partial charge in [0.15, 0.2) is 0 Å². The molecule has 0 bridgehead atoms. The molecule has 0 amide bonds. The van der Waals surface area contributed by atoms with Gasteiger partial charge in [-0.25, -0.2) is 0 Å². The fourth-order valence-electron chi connectivity index (χ4n) is 2.42. The number of rotatable bonds is 10. The lowest BCUT2D eigenvalue weighted by molar-refractivity contribution is 0.156. The van der Waals surface area contributed by atoms with Crippen molar-refractivity contribution in [3.05, 3.63) is 0 Å². The van der Waals surface area contributed by atoms with Crippen molar-refractivity contribution in [1.82, 2.24) is 4.90 Å². The molecule has 0 aliphatic heterocycles. The summed E-state index contributed by atoms with van der Waals surface area (Å²) < 4.78 is 0. The summed E-state index contributed by atoms with van der Waals surface area (Å²) in [5.74, 6) is 0.877. The molecule has 1 unspecified atom stereocenters. The summed E-state index contributed by atoms with van der Waals surface area (Å²) in [5, 5.41) is 0. The van der Waals surface area contributed by atoms with E-state index in [1.165, 1.54) is 45.1 Å². The molecule has 0 spiro atoms. The van der Waals surface area contributed by atoms with Crippen LogP contribution in [0.5, 0.6) is 0 Å². The van der Waals surface area contributed by atoms with Crippen molar-refractivity contribution in [2.45, 2.75) is 92.2 Å². The minimum Gasteiger partial charge on any atom is -0.298 e. The Balaban J connectivity index is 3.62. The van der Waals surface area contributed by atoms with Crippen LogP contribution in [0.3, 0.4) is 0 Å². The third-order valence-electron chi connectivity index (χ3n) is 3.77. The molecule has 1 heteroatoms. The van der Waals surface area contributed by atoms with E-state index in [1.54, 1.807) is 0 Å². The van der Waals surface area contributed by atoms with Crippen molar-refractivity contribution < 1.29 is 0 Å². The lowest BCUT2D eigenvalue weighted by atomic mass is 10.0. The second kappa shape index (κ2) is 9.94. The minimum absolute atomic E-state index is 0.695. The van der Waals surface area contributed by atoms with Gasteiger partial charge in [0.05, 0.1) is 0 Å². The van der Waals surface area contributed by atoms with E-state index in [4.69, 9.17) is 0 Å². The lowest BCUT2D eigenvalue weighted by Crippen LogP contribution is -2.39. The third-order valence-corrected chi connectivity index (χ3v) is 3.77. The second-order valence-corrected chi connectivity index (χ2v) is 6.19. The molecule has 0 heterocycles. The fourth-order valence-corrected chi connectivity index (χ4v) is 2.42. The van der Waals surface area contributed by atoms with Crippen molar-refractivity contribution in [2.24, 2.45) is 5.92 Å². The topological polar surface area (TPSA) is 3.24 Å². The molecule has 0 aromatic rings. The van der Waals surface area contributed by atoms with Gasteiger partial charge in [0, 0.05) is 12.1 Å². The van der Waals surface area contributed by atoms with E-state index in [2.05, 4.69) is 46.4 Å². The Kier molecular flexibility index (Phi) is 9.91. The van der Waals surface area contributed by atoms with E-state index in [0.29, 0.717) is 6.04 Å². The maximum absolute atomic E-state index is 2.66. The van der Waals surface area contributed by atoms with Crippen molar-refractivity contribution in [3.8, 4) is 0 Å².